The van der Waals surface area contributed by atoms with E-state index in [1.54, 1.807) is 11.1 Å². The maximum absolute atomic E-state index is 13.8. The van der Waals surface area contributed by atoms with Crippen molar-refractivity contribution in [2.45, 2.75) is 136 Å². The van der Waals surface area contributed by atoms with Gasteiger partial charge >= 0.3 is 12.1 Å². The first kappa shape index (κ1) is 43.6. The van der Waals surface area contributed by atoms with Gasteiger partial charge in [0, 0.05) is 56.5 Å². The van der Waals surface area contributed by atoms with Crippen molar-refractivity contribution in [1.82, 2.24) is 14.8 Å². The molecule has 10 nitrogen and oxygen atoms in total. The van der Waals surface area contributed by atoms with Gasteiger partial charge in [-0.3, -0.25) is 9.78 Å². The molecule has 0 saturated carbocycles. The Morgan fingerprint density at radius 1 is 1.15 bits per heavy atom. The summed E-state index contributed by atoms with van der Waals surface area (Å²) in [6.45, 7) is 26.0. The van der Waals surface area contributed by atoms with E-state index in [0.717, 1.165) is 24.4 Å². The fraction of sp³-hybridized carbons (Fsp3) is 0.683. The minimum atomic E-state index is -2.29. The summed E-state index contributed by atoms with van der Waals surface area (Å²) in [6, 6.07) is 5.90. The predicted molar refractivity (Wildman–Crippen MR) is 210 cm³/mol. The van der Waals surface area contributed by atoms with Crippen LogP contribution in [-0.4, -0.2) is 105 Å². The van der Waals surface area contributed by atoms with E-state index in [2.05, 4.69) is 63.8 Å². The fourth-order valence-electron chi connectivity index (χ4n) is 6.28. The maximum Gasteiger partial charge on any atom is 0.410 e. The molecule has 1 aromatic heterocycles. The standard InChI is InChI=1S/C41H67N3O7Si/c1-13-47-33(5)50-41(9)23-22-34(51-52(11,12)40(6,7)8)29-37(45)49-38(31(3)18-16-17-30(2)35-19-14-15-24-42-35)32(4)20-21-36(41)48-39(46)44-27-25-43(10)26-28-44/h14-21,24,30,32-34,36,38H,13,22-23,25-29H2,1-12H3/t30-,32+,33?,34-,36+,38-,41-/m1/s1. The molecular formula is C41H67N3O7Si. The van der Waals surface area contributed by atoms with Gasteiger partial charge in [0.25, 0.3) is 0 Å². The van der Waals surface area contributed by atoms with Crippen LogP contribution >= 0.6 is 0 Å². The van der Waals surface area contributed by atoms with Crippen LogP contribution in [0.5, 0.6) is 0 Å². The van der Waals surface area contributed by atoms with Gasteiger partial charge in [-0.2, -0.15) is 0 Å². The minimum Gasteiger partial charge on any atom is -0.457 e. The molecule has 0 radical (unpaired) electrons. The second-order valence-electron chi connectivity index (χ2n) is 16.3. The second-order valence-corrected chi connectivity index (χ2v) is 21.0. The van der Waals surface area contributed by atoms with E-state index >= 15 is 0 Å². The highest BCUT2D eigenvalue weighted by Crippen LogP contribution is 2.39. The highest BCUT2D eigenvalue weighted by Gasteiger charge is 2.44. The van der Waals surface area contributed by atoms with Gasteiger partial charge in [-0.25, -0.2) is 4.79 Å². The van der Waals surface area contributed by atoms with E-state index < -0.39 is 38.5 Å². The number of aromatic nitrogens is 1. The lowest BCUT2D eigenvalue weighted by Crippen LogP contribution is -2.52. The lowest BCUT2D eigenvalue weighted by atomic mass is 9.88. The Labute approximate surface area is 315 Å². The molecule has 0 spiro atoms. The van der Waals surface area contributed by atoms with E-state index in [-0.39, 0.29) is 35.4 Å². The molecule has 3 rings (SSSR count). The largest absolute Gasteiger partial charge is 0.457 e. The van der Waals surface area contributed by atoms with Gasteiger partial charge in [-0.1, -0.05) is 65.0 Å². The van der Waals surface area contributed by atoms with Gasteiger partial charge in [-0.15, -0.1) is 0 Å². The smallest absolute Gasteiger partial charge is 0.410 e. The average molecular weight is 742 g/mol. The first-order valence-electron chi connectivity index (χ1n) is 19.1. The first-order valence-corrected chi connectivity index (χ1v) is 22.0. The Morgan fingerprint density at radius 3 is 2.46 bits per heavy atom. The van der Waals surface area contributed by atoms with Crippen LogP contribution in [0, 0.1) is 5.92 Å². The van der Waals surface area contributed by atoms with Crippen LogP contribution in [0.4, 0.5) is 4.79 Å². The number of rotatable bonds is 11. The predicted octanol–water partition coefficient (Wildman–Crippen LogP) is 8.28. The maximum atomic E-state index is 13.8. The number of carbonyl (C=O) groups excluding carboxylic acids is 2. The highest BCUT2D eigenvalue weighted by atomic mass is 28.4. The molecule has 0 N–H and O–H groups in total. The van der Waals surface area contributed by atoms with Crippen molar-refractivity contribution in [3.63, 3.8) is 0 Å². The zero-order valence-corrected chi connectivity index (χ0v) is 35.0. The topological polar surface area (TPSA) is 99.7 Å². The number of likely N-dealkylation sites (N-methyl/N-ethyl adjacent to an activating group) is 1. The van der Waals surface area contributed by atoms with Gasteiger partial charge in [0.15, 0.2) is 20.7 Å². The molecule has 3 heterocycles. The molecule has 1 aromatic rings. The van der Waals surface area contributed by atoms with Crippen molar-refractivity contribution in [3.8, 4) is 0 Å². The molecule has 0 bridgehead atoms. The average Bonchev–Trinajstić information content (AvgIpc) is 3.07. The third kappa shape index (κ3) is 12.9. The number of hydrogen-bond acceptors (Lipinski definition) is 9. The van der Waals surface area contributed by atoms with E-state index in [9.17, 15) is 9.59 Å². The number of piperazine rings is 1. The van der Waals surface area contributed by atoms with Crippen molar-refractivity contribution >= 4 is 20.4 Å². The minimum absolute atomic E-state index is 0.0672. The number of allylic oxidation sites excluding steroid dienone is 3. The molecule has 1 unspecified atom stereocenters. The van der Waals surface area contributed by atoms with Crippen LogP contribution < -0.4 is 0 Å². The summed E-state index contributed by atoms with van der Waals surface area (Å²) in [5, 5.41) is -0.0672. The summed E-state index contributed by atoms with van der Waals surface area (Å²) < 4.78 is 32.1. The molecule has 1 fully saturated rings. The van der Waals surface area contributed by atoms with E-state index in [0.29, 0.717) is 32.5 Å². The SMILES string of the molecule is CCOC(C)O[C@]1(C)CC[C@@H](O[Si](C)(C)C(C)(C)C)CC(=O)O[C@H](C(C)=CC=C[C@@H](C)c2ccccn2)[C@@H](C)C=C[C@@H]1OC(=O)N1CCN(C)CC1. The first-order chi connectivity index (χ1) is 24.3. The van der Waals surface area contributed by atoms with Crippen LogP contribution in [0.25, 0.3) is 0 Å². The third-order valence-corrected chi connectivity index (χ3v) is 15.3. The van der Waals surface area contributed by atoms with E-state index in [1.165, 1.54) is 0 Å². The summed E-state index contributed by atoms with van der Waals surface area (Å²) in [5.74, 6) is -0.446. The van der Waals surface area contributed by atoms with Crippen LogP contribution in [0.15, 0.2) is 60.3 Å². The quantitative estimate of drug-likeness (QED) is 0.0730. The molecule has 292 valence electrons. The Bertz CT molecular complexity index is 1370. The number of carbonyl (C=O) groups is 2. The van der Waals surface area contributed by atoms with Crippen LogP contribution in [0.2, 0.25) is 18.1 Å². The molecule has 7 atom stereocenters. The lowest BCUT2D eigenvalue weighted by Gasteiger charge is -2.42. The van der Waals surface area contributed by atoms with E-state index in [4.69, 9.17) is 23.4 Å². The Hall–Kier alpha value is -2.83. The van der Waals surface area contributed by atoms with Crippen molar-refractivity contribution in [2.75, 3.05) is 39.8 Å². The second kappa shape index (κ2) is 19.5. The van der Waals surface area contributed by atoms with Crippen molar-refractivity contribution in [1.29, 1.82) is 0 Å². The number of esters is 1. The van der Waals surface area contributed by atoms with Crippen molar-refractivity contribution in [3.05, 3.63) is 66.0 Å². The number of pyridine rings is 1. The van der Waals surface area contributed by atoms with Gasteiger partial charge in [0.05, 0.1) is 12.5 Å². The number of cyclic esters (lactones) is 1. The lowest BCUT2D eigenvalue weighted by molar-refractivity contribution is -0.222. The number of nitrogens with zero attached hydrogens (tertiary/aromatic N) is 3. The number of amides is 1. The summed E-state index contributed by atoms with van der Waals surface area (Å²) in [4.78, 5) is 36.0. The normalized spacial score (nSPS) is 27.4. The molecule has 1 amide bonds. The zero-order valence-electron chi connectivity index (χ0n) is 34.0. The van der Waals surface area contributed by atoms with Gasteiger partial charge < -0.3 is 33.2 Å². The van der Waals surface area contributed by atoms with Gasteiger partial charge in [0.2, 0.25) is 0 Å². The molecular weight excluding hydrogens is 675 g/mol. The fourth-order valence-corrected chi connectivity index (χ4v) is 7.67. The van der Waals surface area contributed by atoms with Crippen LogP contribution in [-0.2, 0) is 28.2 Å². The summed E-state index contributed by atoms with van der Waals surface area (Å²) >= 11 is 0. The summed E-state index contributed by atoms with van der Waals surface area (Å²) in [6.07, 6.45) is 10.2. The van der Waals surface area contributed by atoms with Crippen LogP contribution in [0.1, 0.15) is 93.2 Å². The Balaban J connectivity index is 2.05. The van der Waals surface area contributed by atoms with Crippen molar-refractivity contribution < 1.29 is 33.0 Å². The van der Waals surface area contributed by atoms with Gasteiger partial charge in [-0.05, 0) is 89.5 Å². The number of hydrogen-bond donors (Lipinski definition) is 0. The Kier molecular flexibility index (Phi) is 16.3. The number of ether oxygens (including phenoxy) is 4. The molecule has 1 saturated heterocycles. The molecule has 2 aliphatic heterocycles. The van der Waals surface area contributed by atoms with Crippen LogP contribution in [0.3, 0.4) is 0 Å². The van der Waals surface area contributed by atoms with E-state index in [1.807, 2.05) is 77.1 Å². The molecule has 0 aromatic carbocycles. The zero-order chi connectivity index (χ0) is 38.7. The third-order valence-electron chi connectivity index (χ3n) is 10.7. The highest BCUT2D eigenvalue weighted by molar-refractivity contribution is 6.74. The van der Waals surface area contributed by atoms with Gasteiger partial charge in [0.1, 0.15) is 11.7 Å². The summed E-state index contributed by atoms with van der Waals surface area (Å²) in [7, 11) is -0.238. The van der Waals surface area contributed by atoms with Crippen molar-refractivity contribution in [2.24, 2.45) is 5.92 Å². The Morgan fingerprint density at radius 2 is 1.85 bits per heavy atom. The monoisotopic (exact) mass is 741 g/mol. The molecule has 2 aliphatic rings. The molecule has 52 heavy (non-hydrogen) atoms. The molecule has 0 aliphatic carbocycles. The molecule has 11 heteroatoms. The summed E-state index contributed by atoms with van der Waals surface area (Å²) in [5.41, 5.74) is 0.881.